The minimum Gasteiger partial charge on any atom is -0.385 e. The van der Waals surface area contributed by atoms with Crippen LogP contribution >= 0.6 is 0 Å². The molecular weight excluding hydrogens is 912 g/mol. The molecule has 30 aliphatic heterocycles. The molecule has 0 amide bonds. The summed E-state index contributed by atoms with van der Waals surface area (Å²) in [7, 11) is 0. The summed E-state index contributed by atoms with van der Waals surface area (Å²) in [6.45, 7) is -1.24. The molecule has 372 valence electrons. The topological polar surface area (TPSA) is 343 Å². The van der Waals surface area contributed by atoms with E-state index in [0.29, 0.717) is 0 Å². The van der Waals surface area contributed by atoms with Crippen LogP contribution in [0.15, 0.2) is 0 Å². The first-order valence-corrected chi connectivity index (χ1v) is 21.8. The number of hydrogen-bond acceptors (Lipinski definition) is 30. The van der Waals surface area contributed by atoms with Crippen molar-refractivity contribution in [1.82, 2.24) is 0 Å². The van der Waals surface area contributed by atoms with E-state index in [0.717, 1.165) is 0 Å². The van der Waals surface area contributed by atoms with Gasteiger partial charge in [0.25, 0.3) is 0 Å². The van der Waals surface area contributed by atoms with Crippen LogP contribution in [0.3, 0.4) is 0 Å². The largest absolute Gasteiger partial charge is 0.385 e. The first kappa shape index (κ1) is 44.7. The highest BCUT2D eigenvalue weighted by atomic mass is 17.2. The van der Waals surface area contributed by atoms with Gasteiger partial charge in [0.05, 0.1) is 0 Å². The van der Waals surface area contributed by atoms with Crippen molar-refractivity contribution in [2.45, 2.75) is 184 Å². The van der Waals surface area contributed by atoms with Gasteiger partial charge in [-0.05, 0) is 0 Å². The lowest BCUT2D eigenvalue weighted by atomic mass is 9.94. The quantitative estimate of drug-likeness (QED) is 0.123. The average Bonchev–Trinajstić information content (AvgIpc) is 3.30. The zero-order valence-corrected chi connectivity index (χ0v) is 34.0. The van der Waals surface area contributed by atoms with E-state index in [2.05, 4.69) is 0 Å². The number of hydrogen-bond donors (Lipinski definition) is 6. The number of ether oxygens (including phenoxy) is 12. The Morgan fingerprint density at radius 1 is 0.197 bits per heavy atom. The fourth-order valence-corrected chi connectivity index (χ4v) is 10.5. The molecule has 30 fully saturated rings. The standard InChI is InChI=1S/C36H48O30/c37-13-25-19-7(1-43-61-25)49-31(13)56-20-8-2-44-63-27(20)15(39)33(51-8)58-22-10-4-46-65-29(22)17(41)35(53-10)60-24-12-6-48-66-30(24)18(42)36(54-12)59-23-11-5-47-64-28(23)16(40)34(52-11)57-21-9-3-45-62-26(21)14(38)32(50-9)55-19/h7-42H,1-6H2/t7-,8-,9-,10-,11-,12-,13-,14-,15-,16-,17-,18-,19-,20-,21-,22-,23-,24-,25-,26-,27-,28-,29-,30-,31-,32-,33-,34-,35-,36-/m1/s1. The van der Waals surface area contributed by atoms with Gasteiger partial charge in [0, 0.05) is 0 Å². The third kappa shape index (κ3) is 7.50. The van der Waals surface area contributed by atoms with Crippen LogP contribution < -0.4 is 0 Å². The zero-order valence-electron chi connectivity index (χ0n) is 34.0. The maximum Gasteiger partial charge on any atom is 0.187 e. The van der Waals surface area contributed by atoms with Crippen LogP contribution in [0.25, 0.3) is 0 Å². The SMILES string of the molecule is O[C@H]1[C@H]2O[C@H]3[C@@H]4OOC[C@H]3O[C@H](O[C@H]3[C@@H]5OOC[C@H]3O[C@H](O[C@H]3[C@@H]6OOC[C@H]3O[C@H](O[C@H]3[C@@H]7OOC[C@H]3O[C@H](O[C@H]3[C@@H]8OOC[C@H]3O[C@H](O[C@H]3[C@@H]1OOC[C@H]3O2)[C@@H]8O)[C@@H]7O)[C@@H]6O)[C@@H]5O)[C@@H]4O. The Bertz CT molecular complexity index is 1410. The van der Waals surface area contributed by atoms with Crippen molar-refractivity contribution < 1.29 is 146 Å². The molecule has 30 rings (SSSR count). The fourth-order valence-electron chi connectivity index (χ4n) is 10.5. The summed E-state index contributed by atoms with van der Waals surface area (Å²) in [6.07, 6.45) is -38.4. The molecule has 30 atom stereocenters. The minimum absolute atomic E-state index is 0.207. The van der Waals surface area contributed by atoms with Crippen molar-refractivity contribution in [2.24, 2.45) is 0 Å². The van der Waals surface area contributed by atoms with Crippen molar-refractivity contribution in [3.8, 4) is 0 Å². The maximum atomic E-state index is 11.6. The summed E-state index contributed by atoms with van der Waals surface area (Å²) in [4.78, 5) is 64.5. The lowest BCUT2D eigenvalue weighted by molar-refractivity contribution is -0.504. The summed E-state index contributed by atoms with van der Waals surface area (Å²) in [5, 5.41) is 69.6. The van der Waals surface area contributed by atoms with Crippen LogP contribution in [0.1, 0.15) is 0 Å². The summed E-state index contributed by atoms with van der Waals surface area (Å²) in [5.41, 5.74) is 0. The summed E-state index contributed by atoms with van der Waals surface area (Å²) in [6, 6.07) is 0. The second-order valence-corrected chi connectivity index (χ2v) is 17.9. The Morgan fingerprint density at radius 2 is 0.348 bits per heavy atom. The third-order valence-electron chi connectivity index (χ3n) is 13.9. The van der Waals surface area contributed by atoms with Gasteiger partial charge in [0.2, 0.25) is 0 Å². The zero-order chi connectivity index (χ0) is 44.5. The highest BCUT2D eigenvalue weighted by Gasteiger charge is 2.63. The first-order chi connectivity index (χ1) is 32.2. The second-order valence-electron chi connectivity index (χ2n) is 17.9. The number of rotatable bonds is 0. The van der Waals surface area contributed by atoms with Crippen molar-refractivity contribution in [2.75, 3.05) is 39.6 Å². The highest BCUT2D eigenvalue weighted by Crippen LogP contribution is 2.43. The highest BCUT2D eigenvalue weighted by molar-refractivity contribution is 5.03. The van der Waals surface area contributed by atoms with E-state index < -0.39 is 184 Å². The molecule has 30 saturated heterocycles. The Hall–Kier alpha value is -1.20. The van der Waals surface area contributed by atoms with Crippen molar-refractivity contribution in [1.29, 1.82) is 0 Å². The predicted octanol–water partition coefficient (Wildman–Crippen LogP) is -7.19. The molecule has 0 aromatic heterocycles. The van der Waals surface area contributed by atoms with Gasteiger partial charge in [-0.25, -0.2) is 58.7 Å². The molecule has 6 N–H and O–H groups in total. The van der Waals surface area contributed by atoms with Crippen LogP contribution in [0, 0.1) is 0 Å². The van der Waals surface area contributed by atoms with Crippen molar-refractivity contribution >= 4 is 0 Å². The van der Waals surface area contributed by atoms with Gasteiger partial charge in [-0.15, -0.1) is 0 Å². The Balaban J connectivity index is 0.792. The molecule has 30 heterocycles. The predicted molar refractivity (Wildman–Crippen MR) is 182 cm³/mol. The van der Waals surface area contributed by atoms with Gasteiger partial charge >= 0.3 is 0 Å². The Morgan fingerprint density at radius 3 is 0.500 bits per heavy atom. The van der Waals surface area contributed by atoms with Crippen LogP contribution in [-0.2, 0) is 115 Å². The average molecular weight is 961 g/mol. The van der Waals surface area contributed by atoms with Gasteiger partial charge in [-0.1, -0.05) is 0 Å². The van der Waals surface area contributed by atoms with Crippen molar-refractivity contribution in [3.63, 3.8) is 0 Å². The maximum absolute atomic E-state index is 11.6. The van der Waals surface area contributed by atoms with Crippen molar-refractivity contribution in [3.05, 3.63) is 0 Å². The fraction of sp³-hybridized carbons (Fsp3) is 1.00. The van der Waals surface area contributed by atoms with E-state index in [1.807, 2.05) is 0 Å². The molecule has 30 aliphatic rings. The summed E-state index contributed by atoms with van der Waals surface area (Å²) >= 11 is 0. The smallest absolute Gasteiger partial charge is 0.187 e. The number of aliphatic hydroxyl groups is 6. The normalized spacial score (nSPS) is 60.3. The molecule has 0 spiro atoms. The summed E-state index contributed by atoms with van der Waals surface area (Å²) < 4.78 is 74.5. The van der Waals surface area contributed by atoms with E-state index in [-0.39, 0.29) is 39.6 Å². The lowest BCUT2D eigenvalue weighted by Gasteiger charge is -2.54. The monoisotopic (exact) mass is 960 g/mol. The molecule has 0 radical (unpaired) electrons. The van der Waals surface area contributed by atoms with E-state index in [9.17, 15) is 30.6 Å². The van der Waals surface area contributed by atoms with Gasteiger partial charge < -0.3 is 87.5 Å². The van der Waals surface area contributed by atoms with Gasteiger partial charge in [-0.3, -0.25) is 0 Å². The van der Waals surface area contributed by atoms with E-state index in [1.54, 1.807) is 0 Å². The molecule has 0 aliphatic carbocycles. The number of aliphatic hydroxyl groups excluding tert-OH is 6. The second kappa shape index (κ2) is 17.8. The summed E-state index contributed by atoms with van der Waals surface area (Å²) in [5.74, 6) is 0. The molecule has 0 unspecified atom stereocenters. The van der Waals surface area contributed by atoms with Crippen LogP contribution in [0.2, 0.25) is 0 Å². The Kier molecular flexibility index (Phi) is 12.1. The third-order valence-corrected chi connectivity index (χ3v) is 13.9. The molecule has 0 aromatic rings. The van der Waals surface area contributed by atoms with Crippen LogP contribution in [0.5, 0.6) is 0 Å². The molecule has 30 nitrogen and oxygen atoms in total. The molecule has 30 heteroatoms. The van der Waals surface area contributed by atoms with E-state index in [4.69, 9.17) is 115 Å². The molecular formula is C36H48O30. The van der Waals surface area contributed by atoms with Gasteiger partial charge in [0.1, 0.15) is 150 Å². The Labute approximate surface area is 370 Å². The first-order valence-electron chi connectivity index (χ1n) is 21.8. The van der Waals surface area contributed by atoms with Gasteiger partial charge in [0.15, 0.2) is 74.4 Å². The van der Waals surface area contributed by atoms with Crippen LogP contribution in [-0.4, -0.2) is 255 Å². The molecule has 0 aromatic carbocycles. The minimum atomic E-state index is -1.60. The van der Waals surface area contributed by atoms with Gasteiger partial charge in [-0.2, -0.15) is 0 Å². The van der Waals surface area contributed by atoms with Crippen LogP contribution in [0.4, 0.5) is 0 Å². The van der Waals surface area contributed by atoms with E-state index >= 15 is 0 Å². The molecule has 24 bridgehead atoms. The molecule has 66 heavy (non-hydrogen) atoms. The van der Waals surface area contributed by atoms with E-state index in [1.165, 1.54) is 0 Å². The molecule has 0 saturated carbocycles. The lowest BCUT2D eigenvalue weighted by Crippen LogP contribution is -2.72.